The molecule has 4 aliphatic heterocycles. The first-order chi connectivity index (χ1) is 13.1. The van der Waals surface area contributed by atoms with Crippen LogP contribution < -0.4 is 5.73 Å². The van der Waals surface area contributed by atoms with Gasteiger partial charge in [0.2, 0.25) is 11.7 Å². The number of carbonyl (C=O) groups is 2. The van der Waals surface area contributed by atoms with Crippen LogP contribution in [0.2, 0.25) is 0 Å². The van der Waals surface area contributed by atoms with Gasteiger partial charge in [0, 0.05) is 18.6 Å². The van der Waals surface area contributed by atoms with E-state index in [1.165, 1.54) is 30.0 Å². The highest BCUT2D eigenvalue weighted by Crippen LogP contribution is 2.39. The molecule has 2 atom stereocenters. The number of nitrogens with zero attached hydrogens (tertiary/aromatic N) is 3. The molecule has 0 saturated carbocycles. The molecule has 0 unspecified atom stereocenters. The van der Waals surface area contributed by atoms with Crippen molar-refractivity contribution in [3.63, 3.8) is 0 Å². The zero-order chi connectivity index (χ0) is 19.0. The van der Waals surface area contributed by atoms with Gasteiger partial charge in [-0.1, -0.05) is 6.08 Å². The minimum atomic E-state index is -1.05. The molecule has 0 spiro atoms. The van der Waals surface area contributed by atoms with E-state index in [4.69, 9.17) is 5.73 Å². The molecule has 8 heteroatoms. The predicted octanol–water partition coefficient (Wildman–Crippen LogP) is 0.814. The molecule has 0 aliphatic carbocycles. The fourth-order valence-electron chi connectivity index (χ4n) is 4.42. The third-order valence-corrected chi connectivity index (χ3v) is 7.12. The number of carboxylic acids is 1. The van der Waals surface area contributed by atoms with E-state index in [1.54, 1.807) is 11.8 Å². The summed E-state index contributed by atoms with van der Waals surface area (Å²) in [7, 11) is 0. The smallest absolute Gasteiger partial charge is 0.352 e. The molecule has 4 heterocycles. The van der Waals surface area contributed by atoms with Crippen molar-refractivity contribution in [3.8, 4) is 0 Å². The van der Waals surface area contributed by atoms with Crippen LogP contribution in [0, 0.1) is 0 Å². The number of allylic oxidation sites excluding steroid dienone is 1. The van der Waals surface area contributed by atoms with Gasteiger partial charge in [-0.15, -0.1) is 11.8 Å². The van der Waals surface area contributed by atoms with Gasteiger partial charge in [-0.2, -0.15) is 0 Å². The Kier molecular flexibility index (Phi) is 5.27. The van der Waals surface area contributed by atoms with Crippen LogP contribution in [0.4, 0.5) is 0 Å². The molecule has 146 valence electrons. The Bertz CT molecular complexity index is 745. The number of aliphatic carboxylic acids is 1. The van der Waals surface area contributed by atoms with E-state index in [2.05, 4.69) is 9.48 Å². The lowest BCUT2D eigenvalue weighted by Crippen LogP contribution is -2.68. The quantitative estimate of drug-likeness (QED) is 0.545. The summed E-state index contributed by atoms with van der Waals surface area (Å²) in [4.78, 5) is 27.5. The minimum absolute atomic E-state index is 0.101. The van der Waals surface area contributed by atoms with E-state index in [9.17, 15) is 14.7 Å². The van der Waals surface area contributed by atoms with Crippen molar-refractivity contribution < 1.29 is 19.3 Å². The van der Waals surface area contributed by atoms with Crippen LogP contribution in [0.1, 0.15) is 32.1 Å². The molecule has 0 bridgehead atoms. The second kappa shape index (κ2) is 7.67. The van der Waals surface area contributed by atoms with Crippen LogP contribution >= 0.6 is 11.8 Å². The van der Waals surface area contributed by atoms with Gasteiger partial charge in [0.1, 0.15) is 23.7 Å². The van der Waals surface area contributed by atoms with Gasteiger partial charge in [-0.05, 0) is 30.9 Å². The van der Waals surface area contributed by atoms with Crippen LogP contribution in [-0.4, -0.2) is 80.5 Å². The summed E-state index contributed by atoms with van der Waals surface area (Å²) >= 11 is 1.54. The number of rotatable bonds is 4. The molecular weight excluding hydrogens is 364 g/mol. The number of hydrogen-bond donors (Lipinski definition) is 2. The SMILES string of the molecule is N[C@@H]1C(=O)N2C(C(=O)O)=C(C=CCN3CCC[N+]4=C3CCCCC4)CS[C@H]12. The fraction of sp³-hybridized carbons (Fsp3) is 0.632. The molecule has 0 radical (unpaired) electrons. The summed E-state index contributed by atoms with van der Waals surface area (Å²) in [6, 6.07) is -0.583. The van der Waals surface area contributed by atoms with Crippen LogP contribution in [-0.2, 0) is 9.59 Å². The van der Waals surface area contributed by atoms with E-state index in [0.29, 0.717) is 11.3 Å². The number of amides is 1. The van der Waals surface area contributed by atoms with Crippen LogP contribution in [0.5, 0.6) is 0 Å². The summed E-state index contributed by atoms with van der Waals surface area (Å²) in [6.07, 6.45) is 10.0. The molecule has 0 aromatic rings. The summed E-state index contributed by atoms with van der Waals surface area (Å²) in [5.74, 6) is 0.666. The van der Waals surface area contributed by atoms with Crippen molar-refractivity contribution in [2.75, 3.05) is 31.9 Å². The molecular formula is C19H27N4O3S+. The summed E-state index contributed by atoms with van der Waals surface area (Å²) in [5, 5.41) is 9.37. The second-order valence-electron chi connectivity index (χ2n) is 7.53. The van der Waals surface area contributed by atoms with Crippen molar-refractivity contribution in [1.82, 2.24) is 9.80 Å². The Hall–Kier alpha value is -1.80. The first-order valence-electron chi connectivity index (χ1n) is 9.77. The minimum Gasteiger partial charge on any atom is -0.477 e. The van der Waals surface area contributed by atoms with E-state index < -0.39 is 12.0 Å². The lowest BCUT2D eigenvalue weighted by molar-refractivity contribution is -0.538. The topological polar surface area (TPSA) is 89.9 Å². The van der Waals surface area contributed by atoms with Crippen molar-refractivity contribution in [2.45, 2.75) is 43.5 Å². The number of hydrogen-bond acceptors (Lipinski definition) is 5. The van der Waals surface area contributed by atoms with E-state index in [0.717, 1.165) is 39.0 Å². The molecule has 1 amide bonds. The van der Waals surface area contributed by atoms with Crippen molar-refractivity contribution in [2.24, 2.45) is 5.73 Å². The first kappa shape index (κ1) is 18.6. The van der Waals surface area contributed by atoms with Crippen molar-refractivity contribution in [1.29, 1.82) is 0 Å². The van der Waals surface area contributed by atoms with Gasteiger partial charge < -0.3 is 10.8 Å². The Labute approximate surface area is 163 Å². The number of carboxylic acid groups (broad SMARTS) is 1. The highest BCUT2D eigenvalue weighted by atomic mass is 32.2. The molecule has 1 fully saturated rings. The van der Waals surface area contributed by atoms with E-state index in [1.807, 2.05) is 12.2 Å². The van der Waals surface area contributed by atoms with Crippen LogP contribution in [0.15, 0.2) is 23.4 Å². The van der Waals surface area contributed by atoms with Crippen molar-refractivity contribution in [3.05, 3.63) is 23.4 Å². The lowest BCUT2D eigenvalue weighted by Gasteiger charge is -2.47. The molecule has 4 aliphatic rings. The maximum Gasteiger partial charge on any atom is 0.352 e. The van der Waals surface area contributed by atoms with Gasteiger partial charge in [-0.3, -0.25) is 19.2 Å². The van der Waals surface area contributed by atoms with Crippen LogP contribution in [0.3, 0.4) is 0 Å². The Balaban J connectivity index is 1.50. The number of nitrogens with two attached hydrogens (primary N) is 1. The monoisotopic (exact) mass is 391 g/mol. The largest absolute Gasteiger partial charge is 0.477 e. The lowest BCUT2D eigenvalue weighted by atomic mass is 10.0. The Morgan fingerprint density at radius 2 is 2.11 bits per heavy atom. The third kappa shape index (κ3) is 3.40. The zero-order valence-corrected chi connectivity index (χ0v) is 16.3. The third-order valence-electron chi connectivity index (χ3n) is 5.80. The number of amidine groups is 1. The maximum absolute atomic E-state index is 12.0. The summed E-state index contributed by atoms with van der Waals surface area (Å²) in [6.45, 7) is 4.14. The molecule has 3 N–H and O–H groups in total. The molecule has 0 aromatic carbocycles. The maximum atomic E-state index is 12.0. The molecule has 1 saturated heterocycles. The zero-order valence-electron chi connectivity index (χ0n) is 15.5. The second-order valence-corrected chi connectivity index (χ2v) is 8.64. The number of thioether (sulfide) groups is 1. The van der Waals surface area contributed by atoms with Gasteiger partial charge in [0.05, 0.1) is 19.6 Å². The fourth-order valence-corrected chi connectivity index (χ4v) is 5.68. The van der Waals surface area contributed by atoms with Gasteiger partial charge >= 0.3 is 5.97 Å². The average molecular weight is 392 g/mol. The summed E-state index contributed by atoms with van der Waals surface area (Å²) < 4.78 is 2.52. The van der Waals surface area contributed by atoms with Crippen LogP contribution in [0.25, 0.3) is 0 Å². The standard InChI is InChI=1S/C19H26N4O3S/c20-15-17(24)23-16(19(25)26)13(12-27-18(15)23)6-4-9-22-11-5-10-21-8-3-1-2-7-14(21)22/h4,6,15,18H,1-3,5,7-12,20H2/p+1/t15-,18-/m1/s1. The highest BCUT2D eigenvalue weighted by Gasteiger charge is 2.51. The van der Waals surface area contributed by atoms with Gasteiger partial charge in [0.25, 0.3) is 0 Å². The first-order valence-corrected chi connectivity index (χ1v) is 10.8. The number of fused-ring (bicyclic) bond motifs is 1. The van der Waals surface area contributed by atoms with E-state index >= 15 is 0 Å². The number of carbonyl (C=O) groups excluding carboxylic acids is 1. The predicted molar refractivity (Wildman–Crippen MR) is 105 cm³/mol. The highest BCUT2D eigenvalue weighted by molar-refractivity contribution is 8.00. The van der Waals surface area contributed by atoms with E-state index in [-0.39, 0.29) is 17.0 Å². The molecule has 27 heavy (non-hydrogen) atoms. The average Bonchev–Trinajstić information content (AvgIpc) is 2.92. The normalized spacial score (nSPS) is 28.9. The Morgan fingerprint density at radius 3 is 2.93 bits per heavy atom. The molecule has 7 nitrogen and oxygen atoms in total. The molecule has 4 rings (SSSR count). The Morgan fingerprint density at radius 1 is 1.30 bits per heavy atom. The van der Waals surface area contributed by atoms with Gasteiger partial charge in [0.15, 0.2) is 0 Å². The van der Waals surface area contributed by atoms with Crippen molar-refractivity contribution >= 4 is 29.5 Å². The van der Waals surface area contributed by atoms with Gasteiger partial charge in [-0.25, -0.2) is 4.79 Å². The summed E-state index contributed by atoms with van der Waals surface area (Å²) in [5.41, 5.74) is 6.60. The molecule has 0 aromatic heterocycles. The number of β-lactam (4-membered cyclic amide) rings is 1.